The Kier molecular flexibility index (Phi) is 12.9. The quantitative estimate of drug-likeness (QED) is 0.185. The number of aryl methyl sites for hydroxylation is 2. The van der Waals surface area contributed by atoms with Gasteiger partial charge in [0.2, 0.25) is 11.8 Å². The number of nitrogens with one attached hydrogen (secondary N) is 2. The van der Waals surface area contributed by atoms with Crippen LogP contribution in [0.2, 0.25) is 0 Å². The molecule has 2 amide bonds. The van der Waals surface area contributed by atoms with E-state index in [0.717, 1.165) is 57.4 Å². The maximum Gasteiger partial charge on any atom is 0.263 e. The number of carbonyl (C=O) groups excluding carboxylic acids is 2. The zero-order chi connectivity index (χ0) is 42.9. The van der Waals surface area contributed by atoms with E-state index in [1.54, 1.807) is 36.3 Å². The molecule has 4 fully saturated rings. The van der Waals surface area contributed by atoms with E-state index in [0.29, 0.717) is 39.0 Å². The average molecular weight is 833 g/mol. The predicted molar refractivity (Wildman–Crippen MR) is 230 cm³/mol. The number of fused-ring (bicyclic) bond motifs is 2. The number of halogens is 4. The van der Waals surface area contributed by atoms with Gasteiger partial charge in [-0.05, 0) is 113 Å². The fourth-order valence-electron chi connectivity index (χ4n) is 9.64. The monoisotopic (exact) mass is 832 g/mol. The third kappa shape index (κ3) is 9.64. The van der Waals surface area contributed by atoms with Crippen LogP contribution in [0.3, 0.4) is 0 Å². The van der Waals surface area contributed by atoms with E-state index in [-0.39, 0.29) is 61.7 Å². The number of hydrogen-bond donors (Lipinski definition) is 2. The molecule has 60 heavy (non-hydrogen) atoms. The summed E-state index contributed by atoms with van der Waals surface area (Å²) in [6, 6.07) is 16.3. The van der Waals surface area contributed by atoms with Crippen LogP contribution >= 0.6 is 0 Å². The number of hydrogen-bond acceptors (Lipinski definition) is 8. The molecule has 6 heterocycles. The Bertz CT molecular complexity index is 2020. The zero-order valence-corrected chi connectivity index (χ0v) is 35.7. The van der Waals surface area contributed by atoms with Gasteiger partial charge in [-0.25, -0.2) is 17.6 Å². The van der Waals surface area contributed by atoms with Crippen molar-refractivity contribution in [3.8, 4) is 0 Å². The van der Waals surface area contributed by atoms with Gasteiger partial charge in [0.1, 0.15) is 0 Å². The van der Waals surface area contributed by atoms with Gasteiger partial charge in [-0.3, -0.25) is 19.6 Å². The lowest BCUT2D eigenvalue weighted by molar-refractivity contribution is -0.135. The van der Waals surface area contributed by atoms with Gasteiger partial charge in [0.05, 0.1) is 36.2 Å². The van der Waals surface area contributed by atoms with Crippen LogP contribution in [0.4, 0.5) is 28.9 Å². The van der Waals surface area contributed by atoms with E-state index in [4.69, 9.17) is 0 Å². The summed E-state index contributed by atoms with van der Waals surface area (Å²) >= 11 is 0. The van der Waals surface area contributed by atoms with Crippen molar-refractivity contribution < 1.29 is 27.2 Å². The normalized spacial score (nSPS) is 26.8. The molecule has 2 aromatic carbocycles. The van der Waals surface area contributed by atoms with Crippen molar-refractivity contribution in [2.24, 2.45) is 23.7 Å². The molecule has 10 nitrogen and oxygen atoms in total. The summed E-state index contributed by atoms with van der Waals surface area (Å²) in [6.07, 6.45) is 4.08. The van der Waals surface area contributed by atoms with Crippen molar-refractivity contribution in [2.75, 3.05) is 76.3 Å². The average Bonchev–Trinajstić information content (AvgIpc) is 3.74. The van der Waals surface area contributed by atoms with Gasteiger partial charge in [0.15, 0.2) is 0 Å². The zero-order valence-electron chi connectivity index (χ0n) is 35.7. The second-order valence-corrected chi connectivity index (χ2v) is 18.1. The van der Waals surface area contributed by atoms with Crippen molar-refractivity contribution >= 4 is 45.0 Å². The molecule has 6 atom stereocenters. The highest BCUT2D eigenvalue weighted by atomic mass is 19.3. The van der Waals surface area contributed by atoms with Gasteiger partial charge in [-0.15, -0.1) is 0 Å². The van der Waals surface area contributed by atoms with Crippen LogP contribution in [0.5, 0.6) is 0 Å². The van der Waals surface area contributed by atoms with Crippen LogP contribution in [0.1, 0.15) is 50.7 Å². The number of likely N-dealkylation sites (tertiary alicyclic amines) is 2. The summed E-state index contributed by atoms with van der Waals surface area (Å²) in [5.74, 6) is -7.45. The smallest absolute Gasteiger partial charge is 0.263 e. The van der Waals surface area contributed by atoms with E-state index < -0.39 is 23.7 Å². The molecule has 4 saturated heterocycles. The highest BCUT2D eigenvalue weighted by molar-refractivity contribution is 5.95. The third-order valence-corrected chi connectivity index (χ3v) is 13.2. The predicted octanol–water partition coefficient (Wildman–Crippen LogP) is 6.92. The Balaban J connectivity index is 0.000000181. The van der Waals surface area contributed by atoms with Crippen LogP contribution < -0.4 is 20.4 Å². The topological polar surface area (TPSA) is 96.9 Å². The van der Waals surface area contributed by atoms with Gasteiger partial charge in [0.25, 0.3) is 11.8 Å². The van der Waals surface area contributed by atoms with Crippen molar-refractivity contribution in [3.05, 3.63) is 72.1 Å². The van der Waals surface area contributed by atoms with Gasteiger partial charge < -0.3 is 30.2 Å². The molecule has 14 heteroatoms. The summed E-state index contributed by atoms with van der Waals surface area (Å²) in [4.78, 5) is 42.0. The Hall–Kier alpha value is -4.56. The first-order valence-corrected chi connectivity index (χ1v) is 21.4. The Morgan fingerprint density at radius 3 is 1.43 bits per heavy atom. The SMILES string of the molecule is Cc1ccc(N2C[C@@H](C)[C@@H](NC(=O)CC3CCN(C)CC3(F)F)C2)c2cccnc12.Cc1ccc(N2C[C@@H](C)[C@@H](NC(=O)CC3CCN(C)CC3(F)F)C2)c2cccnc12. The third-order valence-electron chi connectivity index (χ3n) is 13.2. The maximum atomic E-state index is 14.3. The van der Waals surface area contributed by atoms with Crippen molar-refractivity contribution in [2.45, 2.75) is 77.3 Å². The Morgan fingerprint density at radius 1 is 0.650 bits per heavy atom. The molecule has 0 bridgehead atoms. The second kappa shape index (κ2) is 17.8. The minimum absolute atomic E-state index is 0.0505. The largest absolute Gasteiger partial charge is 0.369 e. The molecule has 0 aliphatic carbocycles. The lowest BCUT2D eigenvalue weighted by atomic mass is 9.89. The molecule has 2 aromatic heterocycles. The number of alkyl halides is 4. The molecule has 2 unspecified atom stereocenters. The molecule has 0 spiro atoms. The number of anilines is 2. The van der Waals surface area contributed by atoms with E-state index in [9.17, 15) is 27.2 Å². The number of benzene rings is 2. The maximum absolute atomic E-state index is 14.3. The van der Waals surface area contributed by atoms with Crippen LogP contribution in [0, 0.1) is 37.5 Å². The number of rotatable bonds is 8. The first kappa shape index (κ1) is 43.5. The lowest BCUT2D eigenvalue weighted by Crippen LogP contribution is -2.49. The Labute approximate surface area is 351 Å². The first-order chi connectivity index (χ1) is 28.5. The van der Waals surface area contributed by atoms with Crippen LogP contribution in [0.15, 0.2) is 60.9 Å². The number of carbonyl (C=O) groups is 2. The molecule has 4 aromatic rings. The molecule has 0 radical (unpaired) electrons. The number of amides is 2. The van der Waals surface area contributed by atoms with Crippen LogP contribution in [-0.4, -0.2) is 122 Å². The fraction of sp³-hybridized carbons (Fsp3) is 0.565. The number of pyridine rings is 2. The number of nitrogens with zero attached hydrogens (tertiary/aromatic N) is 6. The number of piperidine rings is 2. The minimum Gasteiger partial charge on any atom is -0.369 e. The highest BCUT2D eigenvalue weighted by Crippen LogP contribution is 2.37. The Morgan fingerprint density at radius 2 is 1.05 bits per heavy atom. The fourth-order valence-corrected chi connectivity index (χ4v) is 9.64. The summed E-state index contributed by atoms with van der Waals surface area (Å²) < 4.78 is 57.2. The lowest BCUT2D eigenvalue weighted by Gasteiger charge is -2.36. The molecular formula is C46H60F4N8O2. The van der Waals surface area contributed by atoms with Gasteiger partial charge >= 0.3 is 0 Å². The standard InChI is InChI=1S/2C23H30F2N4O/c2*1-15-6-7-20(18-5-4-9-26-22(15)18)29-12-16(2)19(13-29)27-21(30)11-17-8-10-28(3)14-23(17,24)25/h2*4-7,9,16-17,19H,8,10-14H2,1-3H3,(H,27,30)/t2*16-,17?,19+/m11/s1. The summed E-state index contributed by atoms with van der Waals surface area (Å²) in [5.41, 5.74) is 6.44. The number of aromatic nitrogens is 2. The van der Waals surface area contributed by atoms with E-state index >= 15 is 0 Å². The van der Waals surface area contributed by atoms with Crippen LogP contribution in [-0.2, 0) is 9.59 Å². The molecule has 8 rings (SSSR count). The van der Waals surface area contributed by atoms with E-state index in [1.165, 1.54) is 0 Å². The molecular weight excluding hydrogens is 773 g/mol. The molecule has 0 saturated carbocycles. The second-order valence-electron chi connectivity index (χ2n) is 18.1. The summed E-state index contributed by atoms with van der Waals surface area (Å²) in [6.45, 7) is 11.9. The van der Waals surface area contributed by atoms with E-state index in [2.05, 4.69) is 80.6 Å². The minimum atomic E-state index is -2.81. The van der Waals surface area contributed by atoms with E-state index in [1.807, 2.05) is 26.0 Å². The highest BCUT2D eigenvalue weighted by Gasteiger charge is 2.46. The first-order valence-electron chi connectivity index (χ1n) is 21.4. The molecule has 324 valence electrons. The summed E-state index contributed by atoms with van der Waals surface area (Å²) in [5, 5.41) is 8.28. The molecule has 4 aliphatic rings. The van der Waals surface area contributed by atoms with Crippen molar-refractivity contribution in [1.82, 2.24) is 30.4 Å². The van der Waals surface area contributed by atoms with Crippen LogP contribution in [0.25, 0.3) is 21.8 Å². The van der Waals surface area contributed by atoms with Gasteiger partial charge in [0, 0.05) is 85.4 Å². The van der Waals surface area contributed by atoms with Crippen molar-refractivity contribution in [1.29, 1.82) is 0 Å². The molecule has 4 aliphatic heterocycles. The van der Waals surface area contributed by atoms with Gasteiger partial charge in [-0.1, -0.05) is 26.0 Å². The summed E-state index contributed by atoms with van der Waals surface area (Å²) in [7, 11) is 3.40. The van der Waals surface area contributed by atoms with Crippen molar-refractivity contribution in [3.63, 3.8) is 0 Å². The molecule has 2 N–H and O–H groups in total. The van der Waals surface area contributed by atoms with Gasteiger partial charge in [-0.2, -0.15) is 0 Å².